The van der Waals surface area contributed by atoms with Crippen LogP contribution in [0.25, 0.3) is 0 Å². The van der Waals surface area contributed by atoms with Crippen molar-refractivity contribution < 1.29 is 8.78 Å². The van der Waals surface area contributed by atoms with Crippen molar-refractivity contribution >= 4 is 15.9 Å². The summed E-state index contributed by atoms with van der Waals surface area (Å²) in [4.78, 5) is 0. The Kier molecular flexibility index (Phi) is 4.89. The van der Waals surface area contributed by atoms with Gasteiger partial charge in [-0.3, -0.25) is 0 Å². The van der Waals surface area contributed by atoms with Gasteiger partial charge in [0.15, 0.2) is 0 Å². The number of halogens is 3. The number of likely N-dealkylation sites (N-methyl/N-ethyl adjacent to an activating group) is 1. The third-order valence-electron chi connectivity index (χ3n) is 3.36. The first-order valence-corrected chi connectivity index (χ1v) is 7.18. The quantitative estimate of drug-likeness (QED) is 0.862. The topological polar surface area (TPSA) is 12.0 Å². The molecule has 1 N–H and O–H groups in total. The molecular weight excluding hydrogens is 324 g/mol. The lowest BCUT2D eigenvalue weighted by Crippen LogP contribution is -2.19. The van der Waals surface area contributed by atoms with E-state index in [-0.39, 0.29) is 11.9 Å². The zero-order chi connectivity index (χ0) is 14.7. The molecule has 0 aliphatic rings. The lowest BCUT2D eigenvalue weighted by molar-refractivity contribution is 0.543. The molecule has 0 aliphatic carbocycles. The average molecular weight is 340 g/mol. The number of rotatable bonds is 4. The first-order valence-electron chi connectivity index (χ1n) is 6.38. The second-order valence-corrected chi connectivity index (χ2v) is 5.64. The number of hydrogen-bond donors (Lipinski definition) is 1. The van der Waals surface area contributed by atoms with Gasteiger partial charge in [0.2, 0.25) is 0 Å². The van der Waals surface area contributed by atoms with Crippen molar-refractivity contribution in [3.05, 3.63) is 69.2 Å². The summed E-state index contributed by atoms with van der Waals surface area (Å²) in [7, 11) is 1.82. The highest BCUT2D eigenvalue weighted by molar-refractivity contribution is 9.10. The molecule has 0 saturated heterocycles. The molecule has 2 rings (SSSR count). The van der Waals surface area contributed by atoms with Crippen LogP contribution < -0.4 is 5.32 Å². The van der Waals surface area contributed by atoms with Crippen LogP contribution in [0.15, 0.2) is 40.9 Å². The fraction of sp³-hybridized carbons (Fsp3) is 0.250. The standard InChI is InChI=1S/C16H16BrF2N/c1-10-7-11(3-5-14(10)17)16(20-2)9-12-8-13(18)4-6-15(12)19/h3-8,16,20H,9H2,1-2H3. The van der Waals surface area contributed by atoms with Gasteiger partial charge in [0, 0.05) is 10.5 Å². The van der Waals surface area contributed by atoms with Gasteiger partial charge in [-0.2, -0.15) is 0 Å². The third-order valence-corrected chi connectivity index (χ3v) is 4.25. The summed E-state index contributed by atoms with van der Waals surface area (Å²) in [6.07, 6.45) is 0.404. The monoisotopic (exact) mass is 339 g/mol. The minimum atomic E-state index is -0.414. The van der Waals surface area contributed by atoms with Crippen LogP contribution in [0, 0.1) is 18.6 Å². The molecule has 0 amide bonds. The Morgan fingerprint density at radius 3 is 2.55 bits per heavy atom. The van der Waals surface area contributed by atoms with Crippen molar-refractivity contribution in [2.45, 2.75) is 19.4 Å². The van der Waals surface area contributed by atoms with Crippen LogP contribution in [0.2, 0.25) is 0 Å². The average Bonchev–Trinajstić information content (AvgIpc) is 2.43. The van der Waals surface area contributed by atoms with Gasteiger partial charge in [-0.25, -0.2) is 8.78 Å². The maximum absolute atomic E-state index is 13.7. The van der Waals surface area contributed by atoms with Gasteiger partial charge in [-0.05, 0) is 61.3 Å². The molecule has 4 heteroatoms. The van der Waals surface area contributed by atoms with E-state index >= 15 is 0 Å². The molecule has 2 aromatic carbocycles. The van der Waals surface area contributed by atoms with Crippen LogP contribution in [0.4, 0.5) is 8.78 Å². The van der Waals surface area contributed by atoms with E-state index in [1.54, 1.807) is 0 Å². The van der Waals surface area contributed by atoms with Gasteiger partial charge in [0.1, 0.15) is 11.6 Å². The lowest BCUT2D eigenvalue weighted by Gasteiger charge is -2.18. The fourth-order valence-electron chi connectivity index (χ4n) is 2.19. The molecule has 20 heavy (non-hydrogen) atoms. The van der Waals surface area contributed by atoms with Crippen molar-refractivity contribution in [3.63, 3.8) is 0 Å². The van der Waals surface area contributed by atoms with E-state index in [1.165, 1.54) is 12.1 Å². The summed E-state index contributed by atoms with van der Waals surface area (Å²) in [5.41, 5.74) is 2.55. The van der Waals surface area contributed by atoms with E-state index in [1.807, 2.05) is 32.2 Å². The van der Waals surface area contributed by atoms with Crippen LogP contribution in [0.5, 0.6) is 0 Å². The SMILES string of the molecule is CNC(Cc1cc(F)ccc1F)c1ccc(Br)c(C)c1. The zero-order valence-electron chi connectivity index (χ0n) is 11.4. The second kappa shape index (κ2) is 6.46. The second-order valence-electron chi connectivity index (χ2n) is 4.79. The van der Waals surface area contributed by atoms with Gasteiger partial charge in [-0.1, -0.05) is 28.1 Å². The summed E-state index contributed by atoms with van der Waals surface area (Å²) in [6.45, 7) is 2.00. The first-order chi connectivity index (χ1) is 9.51. The van der Waals surface area contributed by atoms with E-state index in [0.29, 0.717) is 12.0 Å². The van der Waals surface area contributed by atoms with Gasteiger partial charge >= 0.3 is 0 Å². The normalized spacial score (nSPS) is 12.4. The minimum absolute atomic E-state index is 0.0573. The Morgan fingerprint density at radius 2 is 1.90 bits per heavy atom. The van der Waals surface area contributed by atoms with Gasteiger partial charge in [-0.15, -0.1) is 0 Å². The van der Waals surface area contributed by atoms with Crippen molar-refractivity contribution in [3.8, 4) is 0 Å². The molecule has 0 heterocycles. The fourth-order valence-corrected chi connectivity index (χ4v) is 2.44. The van der Waals surface area contributed by atoms with Gasteiger partial charge < -0.3 is 5.32 Å². The number of benzene rings is 2. The van der Waals surface area contributed by atoms with Crippen LogP contribution in [-0.4, -0.2) is 7.05 Å². The summed E-state index contributed by atoms with van der Waals surface area (Å²) in [5, 5.41) is 3.16. The largest absolute Gasteiger partial charge is 0.313 e. The van der Waals surface area contributed by atoms with E-state index in [0.717, 1.165) is 21.7 Å². The molecule has 2 aromatic rings. The summed E-state index contributed by atoms with van der Waals surface area (Å²) < 4.78 is 28.0. The van der Waals surface area contributed by atoms with Crippen LogP contribution >= 0.6 is 15.9 Å². The minimum Gasteiger partial charge on any atom is -0.313 e. The van der Waals surface area contributed by atoms with Crippen molar-refractivity contribution in [1.29, 1.82) is 0 Å². The van der Waals surface area contributed by atoms with Crippen LogP contribution in [0.1, 0.15) is 22.7 Å². The first kappa shape index (κ1) is 15.1. The van der Waals surface area contributed by atoms with Crippen LogP contribution in [-0.2, 0) is 6.42 Å². The molecule has 1 atom stereocenters. The summed E-state index contributed by atoms with van der Waals surface area (Å²) in [5.74, 6) is -0.788. The molecule has 0 aliphatic heterocycles. The molecule has 0 fully saturated rings. The molecule has 0 radical (unpaired) electrons. The smallest absolute Gasteiger partial charge is 0.126 e. The highest BCUT2D eigenvalue weighted by Crippen LogP contribution is 2.24. The number of hydrogen-bond acceptors (Lipinski definition) is 1. The van der Waals surface area contributed by atoms with E-state index < -0.39 is 5.82 Å². The number of aryl methyl sites for hydroxylation is 1. The zero-order valence-corrected chi connectivity index (χ0v) is 13.0. The highest BCUT2D eigenvalue weighted by Gasteiger charge is 2.14. The van der Waals surface area contributed by atoms with E-state index in [9.17, 15) is 8.78 Å². The lowest BCUT2D eigenvalue weighted by atomic mass is 9.97. The van der Waals surface area contributed by atoms with Gasteiger partial charge in [0.25, 0.3) is 0 Å². The molecular formula is C16H16BrF2N. The van der Waals surface area contributed by atoms with Gasteiger partial charge in [0.05, 0.1) is 0 Å². The Bertz CT molecular complexity index is 613. The molecule has 1 unspecified atom stereocenters. The molecule has 1 nitrogen and oxygen atoms in total. The molecule has 0 bridgehead atoms. The predicted octanol–water partition coefficient (Wildman–Crippen LogP) is 4.54. The Morgan fingerprint density at radius 1 is 1.15 bits per heavy atom. The summed E-state index contributed by atoms with van der Waals surface area (Å²) in [6, 6.07) is 9.50. The van der Waals surface area contributed by atoms with E-state index in [2.05, 4.69) is 21.2 Å². The van der Waals surface area contributed by atoms with Crippen LogP contribution in [0.3, 0.4) is 0 Å². The maximum atomic E-state index is 13.7. The maximum Gasteiger partial charge on any atom is 0.126 e. The molecule has 0 spiro atoms. The van der Waals surface area contributed by atoms with E-state index in [4.69, 9.17) is 0 Å². The Hall–Kier alpha value is -1.26. The molecule has 106 valence electrons. The Labute approximate surface area is 126 Å². The van der Waals surface area contributed by atoms with Crippen molar-refractivity contribution in [2.24, 2.45) is 0 Å². The molecule has 0 aromatic heterocycles. The summed E-state index contributed by atoms with van der Waals surface area (Å²) >= 11 is 3.46. The number of nitrogens with one attached hydrogen (secondary N) is 1. The highest BCUT2D eigenvalue weighted by atomic mass is 79.9. The van der Waals surface area contributed by atoms with Crippen molar-refractivity contribution in [1.82, 2.24) is 5.32 Å². The van der Waals surface area contributed by atoms with Crippen molar-refractivity contribution in [2.75, 3.05) is 7.05 Å². The Balaban J connectivity index is 2.28. The molecule has 0 saturated carbocycles. The predicted molar refractivity (Wildman–Crippen MR) is 80.7 cm³/mol. The third kappa shape index (κ3) is 3.44.